The second-order valence-electron chi connectivity index (χ2n) is 4.39. The van der Waals surface area contributed by atoms with Crippen LogP contribution in [0.3, 0.4) is 0 Å². The first-order valence-corrected chi connectivity index (χ1v) is 7.22. The van der Waals surface area contributed by atoms with E-state index in [0.717, 1.165) is 0 Å². The predicted molar refractivity (Wildman–Crippen MR) is 84.7 cm³/mol. The normalized spacial score (nSPS) is 10.6. The summed E-state index contributed by atoms with van der Waals surface area (Å²) in [6.45, 7) is 0.181. The summed E-state index contributed by atoms with van der Waals surface area (Å²) in [5, 5.41) is 13.6. The molecule has 2 N–H and O–H groups in total. The van der Waals surface area contributed by atoms with Gasteiger partial charge in [-0.2, -0.15) is 9.67 Å². The maximum absolute atomic E-state index is 11.7. The number of benzene rings is 1. The number of amides is 1. The number of carbonyl (C=O) groups excluding carboxylic acids is 1. The number of nitrogens with zero attached hydrogens (tertiary/aromatic N) is 2. The van der Waals surface area contributed by atoms with Gasteiger partial charge in [-0.05, 0) is 33.6 Å². The van der Waals surface area contributed by atoms with Crippen molar-refractivity contribution < 1.29 is 19.2 Å². The lowest BCUT2D eigenvalue weighted by Crippen LogP contribution is -2.40. The van der Waals surface area contributed by atoms with Gasteiger partial charge in [0.15, 0.2) is 23.9 Å². The van der Waals surface area contributed by atoms with Gasteiger partial charge in [-0.3, -0.25) is 4.79 Å². The molecule has 2 aromatic rings. The number of hydrogen-bond acceptors (Lipinski definition) is 4. The Morgan fingerprint density at radius 1 is 1.41 bits per heavy atom. The lowest BCUT2D eigenvalue weighted by atomic mass is 10.2. The number of phenolic OH excluding ortho intramolecular Hbond substituents is 1. The van der Waals surface area contributed by atoms with Crippen molar-refractivity contribution in [3.05, 3.63) is 52.8 Å². The van der Waals surface area contributed by atoms with Crippen LogP contribution >= 0.6 is 15.9 Å². The maximum atomic E-state index is 11.7. The molecule has 0 aliphatic rings. The van der Waals surface area contributed by atoms with E-state index in [4.69, 9.17) is 4.74 Å². The average Bonchev–Trinajstić information content (AvgIpc) is 2.51. The fraction of sp³-hybridized carbons (Fsp3) is 0.133. The minimum atomic E-state index is -0.239. The van der Waals surface area contributed by atoms with Gasteiger partial charge in [0.25, 0.3) is 0 Å². The van der Waals surface area contributed by atoms with E-state index in [1.54, 1.807) is 29.1 Å². The number of hydrazone groups is 1. The monoisotopic (exact) mass is 364 g/mol. The Balaban J connectivity index is 1.98. The molecular formula is C15H15BrN3O3+. The molecule has 1 aromatic heterocycles. The summed E-state index contributed by atoms with van der Waals surface area (Å²) in [4.78, 5) is 11.7. The molecule has 0 fully saturated rings. The van der Waals surface area contributed by atoms with E-state index < -0.39 is 0 Å². The van der Waals surface area contributed by atoms with Crippen molar-refractivity contribution in [2.24, 2.45) is 5.10 Å². The summed E-state index contributed by atoms with van der Waals surface area (Å²) in [6, 6.07) is 8.84. The highest BCUT2D eigenvalue weighted by Gasteiger charge is 2.08. The van der Waals surface area contributed by atoms with Gasteiger partial charge in [0.2, 0.25) is 6.54 Å². The second kappa shape index (κ2) is 7.56. The van der Waals surface area contributed by atoms with Crippen molar-refractivity contribution in [1.29, 1.82) is 0 Å². The number of halogens is 1. The Hall–Kier alpha value is -2.41. The number of pyridine rings is 1. The smallest absolute Gasteiger partial charge is 0.305 e. The lowest BCUT2D eigenvalue weighted by Gasteiger charge is -2.06. The summed E-state index contributed by atoms with van der Waals surface area (Å²) in [5.41, 5.74) is 3.12. The third-order valence-electron chi connectivity index (χ3n) is 2.78. The van der Waals surface area contributed by atoms with E-state index in [1.165, 1.54) is 13.3 Å². The number of ether oxygens (including phenoxy) is 1. The molecule has 0 radical (unpaired) electrons. The third kappa shape index (κ3) is 4.29. The Kier molecular flexibility index (Phi) is 5.48. The minimum Gasteiger partial charge on any atom is -0.503 e. The van der Waals surface area contributed by atoms with Gasteiger partial charge in [0, 0.05) is 12.1 Å². The number of phenols is 1. The summed E-state index contributed by atoms with van der Waals surface area (Å²) < 4.78 is 7.27. The van der Waals surface area contributed by atoms with Gasteiger partial charge >= 0.3 is 5.91 Å². The summed E-state index contributed by atoms with van der Waals surface area (Å²) >= 11 is 3.22. The van der Waals surface area contributed by atoms with E-state index in [2.05, 4.69) is 26.5 Å². The molecule has 0 saturated heterocycles. The Morgan fingerprint density at radius 3 is 2.82 bits per heavy atom. The molecule has 0 bridgehead atoms. The van der Waals surface area contributed by atoms with E-state index in [0.29, 0.717) is 15.8 Å². The first-order chi connectivity index (χ1) is 10.6. The molecule has 22 heavy (non-hydrogen) atoms. The van der Waals surface area contributed by atoms with Crippen LogP contribution in [0.4, 0.5) is 0 Å². The molecule has 0 atom stereocenters. The summed E-state index contributed by atoms with van der Waals surface area (Å²) in [6.07, 6.45) is 5.07. The second-order valence-corrected chi connectivity index (χ2v) is 5.25. The number of nitrogens with one attached hydrogen (secondary N) is 1. The maximum Gasteiger partial charge on any atom is 0.305 e. The van der Waals surface area contributed by atoms with Crippen LogP contribution in [0.15, 0.2) is 52.3 Å². The standard InChI is InChI=1S/C15H14BrN3O3/c1-22-13-8-11(7-12(16)15(13)21)9-17-18-14(20)10-19-5-3-2-4-6-19/h2-9H,10H2,1H3,(H-,17,18,20,21)/p+1. The summed E-state index contributed by atoms with van der Waals surface area (Å²) in [5.74, 6) is 0.100. The molecule has 0 unspecified atom stereocenters. The van der Waals surface area contributed by atoms with Crippen molar-refractivity contribution in [1.82, 2.24) is 5.43 Å². The number of carbonyl (C=O) groups is 1. The zero-order valence-corrected chi connectivity index (χ0v) is 13.4. The number of hydrogen-bond donors (Lipinski definition) is 2. The first-order valence-electron chi connectivity index (χ1n) is 6.42. The fourth-order valence-corrected chi connectivity index (χ4v) is 2.20. The zero-order chi connectivity index (χ0) is 15.9. The molecule has 0 aliphatic carbocycles. The molecule has 6 nitrogen and oxygen atoms in total. The molecule has 0 aliphatic heterocycles. The molecule has 0 saturated carbocycles. The average molecular weight is 365 g/mol. The van der Waals surface area contributed by atoms with Crippen LogP contribution in [0.1, 0.15) is 5.56 Å². The highest BCUT2D eigenvalue weighted by Crippen LogP contribution is 2.34. The van der Waals surface area contributed by atoms with Gasteiger partial charge < -0.3 is 9.84 Å². The highest BCUT2D eigenvalue weighted by molar-refractivity contribution is 9.10. The van der Waals surface area contributed by atoms with E-state index in [9.17, 15) is 9.90 Å². The van der Waals surface area contributed by atoms with Crippen LogP contribution in [0, 0.1) is 0 Å². The van der Waals surface area contributed by atoms with Crippen LogP contribution in [-0.4, -0.2) is 24.3 Å². The SMILES string of the molecule is COc1cc(/C=N/NC(=O)C[n+]2ccccc2)cc(Br)c1O. The number of aromatic nitrogens is 1. The van der Waals surface area contributed by atoms with E-state index >= 15 is 0 Å². The predicted octanol–water partition coefficient (Wildman–Crippen LogP) is 1.60. The number of aromatic hydroxyl groups is 1. The molecular weight excluding hydrogens is 350 g/mol. The van der Waals surface area contributed by atoms with Crippen molar-refractivity contribution in [2.45, 2.75) is 6.54 Å². The van der Waals surface area contributed by atoms with Gasteiger partial charge in [-0.15, -0.1) is 0 Å². The van der Waals surface area contributed by atoms with Crippen LogP contribution in [-0.2, 0) is 11.3 Å². The van der Waals surface area contributed by atoms with Crippen molar-refractivity contribution >= 4 is 28.1 Å². The lowest BCUT2D eigenvalue weighted by molar-refractivity contribution is -0.684. The topological polar surface area (TPSA) is 74.8 Å². The quantitative estimate of drug-likeness (QED) is 0.480. The molecule has 1 amide bonds. The fourth-order valence-electron chi connectivity index (χ4n) is 1.74. The Morgan fingerprint density at radius 2 is 2.14 bits per heavy atom. The Bertz CT molecular complexity index is 690. The largest absolute Gasteiger partial charge is 0.503 e. The first kappa shape index (κ1) is 16.0. The van der Waals surface area contributed by atoms with Crippen LogP contribution < -0.4 is 14.7 Å². The van der Waals surface area contributed by atoms with Gasteiger partial charge in [0.05, 0.1) is 17.8 Å². The van der Waals surface area contributed by atoms with Gasteiger partial charge in [0.1, 0.15) is 0 Å². The molecule has 1 aromatic carbocycles. The van der Waals surface area contributed by atoms with E-state index in [1.807, 2.05) is 18.2 Å². The molecule has 0 spiro atoms. The van der Waals surface area contributed by atoms with Crippen LogP contribution in [0.5, 0.6) is 11.5 Å². The third-order valence-corrected chi connectivity index (χ3v) is 3.38. The zero-order valence-electron chi connectivity index (χ0n) is 11.9. The van der Waals surface area contributed by atoms with Crippen molar-refractivity contribution in [3.63, 3.8) is 0 Å². The molecule has 2 rings (SSSR count). The molecule has 1 heterocycles. The molecule has 7 heteroatoms. The minimum absolute atomic E-state index is 0.0177. The Labute approximate surface area is 136 Å². The van der Waals surface area contributed by atoms with Crippen molar-refractivity contribution in [2.75, 3.05) is 7.11 Å². The van der Waals surface area contributed by atoms with Crippen LogP contribution in [0.25, 0.3) is 0 Å². The number of rotatable bonds is 5. The highest BCUT2D eigenvalue weighted by atomic mass is 79.9. The van der Waals surface area contributed by atoms with Crippen LogP contribution in [0.2, 0.25) is 0 Å². The van der Waals surface area contributed by atoms with Gasteiger partial charge in [-0.25, -0.2) is 5.43 Å². The number of methoxy groups -OCH3 is 1. The molecule has 114 valence electrons. The summed E-state index contributed by atoms with van der Waals surface area (Å²) in [7, 11) is 1.46. The van der Waals surface area contributed by atoms with Gasteiger partial charge in [-0.1, -0.05) is 6.07 Å². The van der Waals surface area contributed by atoms with Crippen molar-refractivity contribution in [3.8, 4) is 11.5 Å². The van der Waals surface area contributed by atoms with E-state index in [-0.39, 0.29) is 18.2 Å².